The Bertz CT molecular complexity index is 691. The molecule has 0 radical (unpaired) electrons. The van der Waals surface area contributed by atoms with E-state index in [0.29, 0.717) is 0 Å². The van der Waals surface area contributed by atoms with Gasteiger partial charge in [0.25, 0.3) is 0 Å². The number of carbonyl (C=O) groups excluding carboxylic acids is 1. The minimum atomic E-state index is 0.147. The van der Waals surface area contributed by atoms with Crippen molar-refractivity contribution in [1.29, 1.82) is 0 Å². The number of amides is 1. The monoisotopic (exact) mass is 280 g/mol. The molecule has 3 nitrogen and oxygen atoms in total. The average molecular weight is 280 g/mol. The Labute approximate surface area is 124 Å². The van der Waals surface area contributed by atoms with Gasteiger partial charge in [-0.05, 0) is 61.4 Å². The molecular weight excluding hydrogens is 260 g/mol. The molecule has 1 aliphatic heterocycles. The molecule has 2 aromatic rings. The van der Waals surface area contributed by atoms with Gasteiger partial charge in [-0.3, -0.25) is 4.79 Å². The van der Waals surface area contributed by atoms with Gasteiger partial charge in [-0.2, -0.15) is 0 Å². The Kier molecular flexibility index (Phi) is 3.15. The minimum absolute atomic E-state index is 0.147. The third-order valence-corrected chi connectivity index (χ3v) is 4.84. The third kappa shape index (κ3) is 2.22. The summed E-state index contributed by atoms with van der Waals surface area (Å²) >= 11 is 0. The standard InChI is InChI=1S/C18H20N2O/c21-18(14-8-10-19-11-9-14)20-16-7-6-13-5-4-12-2-1-3-15(16)17(12)13/h1-3,6-7,14,19H,4-5,8-11H2,(H,20,21). The first-order valence-electron chi connectivity index (χ1n) is 7.88. The van der Waals surface area contributed by atoms with Gasteiger partial charge in [0.05, 0.1) is 0 Å². The van der Waals surface area contributed by atoms with Gasteiger partial charge in [0.2, 0.25) is 5.91 Å². The number of benzene rings is 2. The lowest BCUT2D eigenvalue weighted by atomic mass is 9.96. The van der Waals surface area contributed by atoms with Gasteiger partial charge in [0.15, 0.2) is 0 Å². The predicted molar refractivity (Wildman–Crippen MR) is 85.6 cm³/mol. The molecule has 0 saturated carbocycles. The fourth-order valence-electron chi connectivity index (χ4n) is 3.67. The molecule has 2 N–H and O–H groups in total. The van der Waals surface area contributed by atoms with Crippen molar-refractivity contribution in [1.82, 2.24) is 5.32 Å². The number of piperidine rings is 1. The Hall–Kier alpha value is -1.87. The second kappa shape index (κ2) is 5.15. The van der Waals surface area contributed by atoms with Crippen LogP contribution in [0.2, 0.25) is 0 Å². The van der Waals surface area contributed by atoms with Crippen LogP contribution < -0.4 is 10.6 Å². The molecule has 1 fully saturated rings. The van der Waals surface area contributed by atoms with Crippen molar-refractivity contribution in [3.05, 3.63) is 41.5 Å². The van der Waals surface area contributed by atoms with Gasteiger partial charge in [0, 0.05) is 17.0 Å². The first-order chi connectivity index (χ1) is 10.3. The lowest BCUT2D eigenvalue weighted by Gasteiger charge is -2.22. The highest BCUT2D eigenvalue weighted by Crippen LogP contribution is 2.35. The molecule has 1 amide bonds. The molecule has 4 rings (SSSR count). The van der Waals surface area contributed by atoms with Gasteiger partial charge in [-0.1, -0.05) is 24.3 Å². The summed E-state index contributed by atoms with van der Waals surface area (Å²) in [5.74, 6) is 0.324. The lowest BCUT2D eigenvalue weighted by Crippen LogP contribution is -2.34. The summed E-state index contributed by atoms with van der Waals surface area (Å²) in [7, 11) is 0. The van der Waals surface area contributed by atoms with Crippen LogP contribution in [0.3, 0.4) is 0 Å². The zero-order valence-electron chi connectivity index (χ0n) is 12.1. The molecule has 1 saturated heterocycles. The van der Waals surface area contributed by atoms with Crippen LogP contribution >= 0.6 is 0 Å². The Balaban J connectivity index is 1.67. The minimum Gasteiger partial charge on any atom is -0.325 e. The number of hydrogen-bond acceptors (Lipinski definition) is 2. The molecular formula is C18H20N2O. The quantitative estimate of drug-likeness (QED) is 0.888. The van der Waals surface area contributed by atoms with Crippen LogP contribution in [-0.4, -0.2) is 19.0 Å². The summed E-state index contributed by atoms with van der Waals surface area (Å²) in [4.78, 5) is 12.5. The van der Waals surface area contributed by atoms with E-state index in [0.717, 1.165) is 44.5 Å². The maximum absolute atomic E-state index is 12.5. The van der Waals surface area contributed by atoms with E-state index >= 15 is 0 Å². The number of aryl methyl sites for hydroxylation is 2. The topological polar surface area (TPSA) is 41.1 Å². The fourth-order valence-corrected chi connectivity index (χ4v) is 3.67. The van der Waals surface area contributed by atoms with Crippen LogP contribution in [0.5, 0.6) is 0 Å². The van der Waals surface area contributed by atoms with Crippen molar-refractivity contribution in [3.63, 3.8) is 0 Å². The molecule has 1 heterocycles. The van der Waals surface area contributed by atoms with E-state index in [1.54, 1.807) is 0 Å². The average Bonchev–Trinajstić information content (AvgIpc) is 2.96. The second-order valence-corrected chi connectivity index (χ2v) is 6.13. The van der Waals surface area contributed by atoms with Crippen molar-refractivity contribution in [2.24, 2.45) is 5.92 Å². The molecule has 0 bridgehead atoms. The summed E-state index contributed by atoms with van der Waals surface area (Å²) in [5, 5.41) is 9.04. The van der Waals surface area contributed by atoms with E-state index in [1.807, 2.05) is 0 Å². The van der Waals surface area contributed by atoms with Crippen LogP contribution in [0.15, 0.2) is 30.3 Å². The normalized spacial score (nSPS) is 18.1. The van der Waals surface area contributed by atoms with Crippen LogP contribution in [0.25, 0.3) is 10.8 Å². The maximum atomic E-state index is 12.5. The molecule has 0 aromatic heterocycles. The van der Waals surface area contributed by atoms with Gasteiger partial charge < -0.3 is 10.6 Å². The van der Waals surface area contributed by atoms with Gasteiger partial charge in [-0.15, -0.1) is 0 Å². The molecule has 0 spiro atoms. The maximum Gasteiger partial charge on any atom is 0.227 e. The highest BCUT2D eigenvalue weighted by molar-refractivity contribution is 6.05. The number of hydrogen-bond donors (Lipinski definition) is 2. The Morgan fingerprint density at radius 1 is 1.05 bits per heavy atom. The first kappa shape index (κ1) is 12.8. The predicted octanol–water partition coefficient (Wildman–Crippen LogP) is 2.88. The fraction of sp³-hybridized carbons (Fsp3) is 0.389. The molecule has 3 heteroatoms. The molecule has 2 aliphatic rings. The van der Waals surface area contributed by atoms with Gasteiger partial charge in [0.1, 0.15) is 0 Å². The molecule has 2 aromatic carbocycles. The number of rotatable bonds is 2. The van der Waals surface area contributed by atoms with E-state index in [2.05, 4.69) is 41.0 Å². The highest BCUT2D eigenvalue weighted by atomic mass is 16.1. The van der Waals surface area contributed by atoms with E-state index in [4.69, 9.17) is 0 Å². The van der Waals surface area contributed by atoms with E-state index in [9.17, 15) is 4.79 Å². The second-order valence-electron chi connectivity index (χ2n) is 6.13. The van der Waals surface area contributed by atoms with E-state index in [1.165, 1.54) is 21.9 Å². The Morgan fingerprint density at radius 2 is 1.81 bits per heavy atom. The largest absolute Gasteiger partial charge is 0.325 e. The summed E-state index contributed by atoms with van der Waals surface area (Å²) in [6.07, 6.45) is 4.12. The molecule has 21 heavy (non-hydrogen) atoms. The SMILES string of the molecule is O=C(Nc1ccc2c3c(cccc13)CC2)C1CCNCC1. The van der Waals surface area contributed by atoms with Crippen LogP contribution in [0, 0.1) is 5.92 Å². The molecule has 0 atom stereocenters. The van der Waals surface area contributed by atoms with Crippen LogP contribution in [-0.2, 0) is 17.6 Å². The summed E-state index contributed by atoms with van der Waals surface area (Å²) in [5.41, 5.74) is 3.81. The van der Waals surface area contributed by atoms with E-state index < -0.39 is 0 Å². The zero-order valence-corrected chi connectivity index (χ0v) is 12.1. The van der Waals surface area contributed by atoms with Gasteiger partial charge in [-0.25, -0.2) is 0 Å². The third-order valence-electron chi connectivity index (χ3n) is 4.84. The number of nitrogens with one attached hydrogen (secondary N) is 2. The van der Waals surface area contributed by atoms with Crippen molar-refractivity contribution in [3.8, 4) is 0 Å². The first-order valence-corrected chi connectivity index (χ1v) is 7.88. The highest BCUT2D eigenvalue weighted by Gasteiger charge is 2.22. The molecule has 0 unspecified atom stereocenters. The molecule has 108 valence electrons. The summed E-state index contributed by atoms with van der Waals surface area (Å²) in [6.45, 7) is 1.89. The van der Waals surface area contributed by atoms with Crippen molar-refractivity contribution in [2.75, 3.05) is 18.4 Å². The van der Waals surface area contributed by atoms with E-state index in [-0.39, 0.29) is 11.8 Å². The van der Waals surface area contributed by atoms with Gasteiger partial charge >= 0.3 is 0 Å². The van der Waals surface area contributed by atoms with Crippen molar-refractivity contribution < 1.29 is 4.79 Å². The zero-order chi connectivity index (χ0) is 14.2. The smallest absolute Gasteiger partial charge is 0.227 e. The summed E-state index contributed by atoms with van der Waals surface area (Å²) < 4.78 is 0. The Morgan fingerprint density at radius 3 is 2.62 bits per heavy atom. The van der Waals surface area contributed by atoms with Crippen LogP contribution in [0.4, 0.5) is 5.69 Å². The number of anilines is 1. The van der Waals surface area contributed by atoms with Crippen molar-refractivity contribution >= 4 is 22.4 Å². The molecule has 1 aliphatic carbocycles. The number of carbonyl (C=O) groups is 1. The summed E-state index contributed by atoms with van der Waals surface area (Å²) in [6, 6.07) is 10.7. The van der Waals surface area contributed by atoms with Crippen molar-refractivity contribution in [2.45, 2.75) is 25.7 Å². The lowest BCUT2D eigenvalue weighted by molar-refractivity contribution is -0.120. The van der Waals surface area contributed by atoms with Crippen LogP contribution in [0.1, 0.15) is 24.0 Å².